The highest BCUT2D eigenvalue weighted by molar-refractivity contribution is 5.36. The maximum Gasteiger partial charge on any atom is 0.123 e. The predicted molar refractivity (Wildman–Crippen MR) is 79.4 cm³/mol. The number of rotatable bonds is 5. The Kier molecular flexibility index (Phi) is 5.67. The van der Waals surface area contributed by atoms with Crippen LogP contribution in [0.4, 0.5) is 0 Å². The van der Waals surface area contributed by atoms with Crippen molar-refractivity contribution in [3.63, 3.8) is 0 Å². The molecule has 1 saturated carbocycles. The first kappa shape index (κ1) is 14.4. The molecule has 1 aromatic carbocycles. The van der Waals surface area contributed by atoms with Gasteiger partial charge in [0, 0.05) is 24.2 Å². The normalized spacial score (nSPS) is 18.8. The zero-order valence-electron chi connectivity index (χ0n) is 11.9. The first-order valence-electron chi connectivity index (χ1n) is 7.44. The molecular weight excluding hydrogens is 236 g/mol. The molecule has 1 atom stereocenters. The molecule has 0 aromatic heterocycles. The molecule has 106 valence electrons. The molecule has 0 radical (unpaired) electrons. The van der Waals surface area contributed by atoms with E-state index in [1.807, 2.05) is 12.1 Å². The molecule has 1 fully saturated rings. The van der Waals surface area contributed by atoms with Crippen LogP contribution in [0.15, 0.2) is 24.3 Å². The van der Waals surface area contributed by atoms with Crippen molar-refractivity contribution in [1.29, 1.82) is 0 Å². The molecule has 3 nitrogen and oxygen atoms in total. The first-order chi connectivity index (χ1) is 9.35. The molecule has 0 bridgehead atoms. The lowest BCUT2D eigenvalue weighted by Crippen LogP contribution is -2.36. The summed E-state index contributed by atoms with van der Waals surface area (Å²) in [4.78, 5) is 0. The van der Waals surface area contributed by atoms with Crippen LogP contribution in [0.3, 0.4) is 0 Å². The SMILES string of the molecule is COc1ccccc1C(CN)NC1CCCCCC1. The number of nitrogens with two attached hydrogens (primary N) is 1. The van der Waals surface area contributed by atoms with Crippen molar-refractivity contribution in [2.24, 2.45) is 5.73 Å². The third-order valence-corrected chi connectivity index (χ3v) is 4.04. The quantitative estimate of drug-likeness (QED) is 0.802. The van der Waals surface area contributed by atoms with Crippen LogP contribution in [0, 0.1) is 0 Å². The van der Waals surface area contributed by atoms with Gasteiger partial charge in [0.05, 0.1) is 7.11 Å². The lowest BCUT2D eigenvalue weighted by atomic mass is 10.0. The van der Waals surface area contributed by atoms with E-state index >= 15 is 0 Å². The van der Waals surface area contributed by atoms with E-state index in [4.69, 9.17) is 10.5 Å². The smallest absolute Gasteiger partial charge is 0.123 e. The van der Waals surface area contributed by atoms with Gasteiger partial charge in [0.15, 0.2) is 0 Å². The molecule has 2 rings (SSSR count). The van der Waals surface area contributed by atoms with Crippen molar-refractivity contribution in [1.82, 2.24) is 5.32 Å². The highest BCUT2D eigenvalue weighted by Gasteiger charge is 2.19. The second-order valence-corrected chi connectivity index (χ2v) is 5.39. The number of methoxy groups -OCH3 is 1. The van der Waals surface area contributed by atoms with Crippen LogP contribution in [0.2, 0.25) is 0 Å². The van der Waals surface area contributed by atoms with Crippen molar-refractivity contribution in [2.45, 2.75) is 50.6 Å². The number of para-hydroxylation sites is 1. The number of nitrogens with one attached hydrogen (secondary N) is 1. The van der Waals surface area contributed by atoms with E-state index in [0.717, 1.165) is 5.75 Å². The molecule has 1 aliphatic carbocycles. The van der Waals surface area contributed by atoms with Gasteiger partial charge in [0.2, 0.25) is 0 Å². The maximum atomic E-state index is 5.97. The van der Waals surface area contributed by atoms with E-state index in [-0.39, 0.29) is 6.04 Å². The summed E-state index contributed by atoms with van der Waals surface area (Å²) in [5, 5.41) is 3.73. The molecule has 3 heteroatoms. The Morgan fingerprint density at radius 1 is 1.21 bits per heavy atom. The average Bonchev–Trinajstić information content (AvgIpc) is 2.73. The Balaban J connectivity index is 2.06. The average molecular weight is 262 g/mol. The molecule has 0 spiro atoms. The molecule has 1 aliphatic rings. The van der Waals surface area contributed by atoms with E-state index in [9.17, 15) is 0 Å². The summed E-state index contributed by atoms with van der Waals surface area (Å²) in [6.07, 6.45) is 7.96. The van der Waals surface area contributed by atoms with Gasteiger partial charge in [0.1, 0.15) is 5.75 Å². The molecule has 19 heavy (non-hydrogen) atoms. The third-order valence-electron chi connectivity index (χ3n) is 4.04. The van der Waals surface area contributed by atoms with Crippen LogP contribution < -0.4 is 15.8 Å². The van der Waals surface area contributed by atoms with E-state index < -0.39 is 0 Å². The highest BCUT2D eigenvalue weighted by atomic mass is 16.5. The van der Waals surface area contributed by atoms with Gasteiger partial charge in [-0.1, -0.05) is 43.9 Å². The standard InChI is InChI=1S/C16H26N2O/c1-19-16-11-7-6-10-14(16)15(12-17)18-13-8-4-2-3-5-9-13/h6-7,10-11,13,15,18H,2-5,8-9,12,17H2,1H3. The van der Waals surface area contributed by atoms with Crippen molar-refractivity contribution >= 4 is 0 Å². The van der Waals surface area contributed by atoms with Gasteiger partial charge in [-0.25, -0.2) is 0 Å². The fraction of sp³-hybridized carbons (Fsp3) is 0.625. The number of hydrogen-bond acceptors (Lipinski definition) is 3. The minimum Gasteiger partial charge on any atom is -0.496 e. The number of benzene rings is 1. The molecular formula is C16H26N2O. The fourth-order valence-electron chi connectivity index (χ4n) is 2.97. The van der Waals surface area contributed by atoms with Crippen LogP contribution in [0.1, 0.15) is 50.1 Å². The van der Waals surface area contributed by atoms with Crippen LogP contribution in [0.5, 0.6) is 5.75 Å². The summed E-state index contributed by atoms with van der Waals surface area (Å²) in [7, 11) is 1.72. The second kappa shape index (κ2) is 7.51. The zero-order chi connectivity index (χ0) is 13.5. The number of ether oxygens (including phenoxy) is 1. The van der Waals surface area contributed by atoms with Gasteiger partial charge >= 0.3 is 0 Å². The van der Waals surface area contributed by atoms with Crippen LogP contribution in [-0.4, -0.2) is 19.7 Å². The largest absolute Gasteiger partial charge is 0.496 e. The molecule has 1 aromatic rings. The molecule has 0 amide bonds. The number of hydrogen-bond donors (Lipinski definition) is 2. The summed E-state index contributed by atoms with van der Waals surface area (Å²) in [5.41, 5.74) is 7.14. The second-order valence-electron chi connectivity index (χ2n) is 5.39. The maximum absolute atomic E-state index is 5.97. The first-order valence-corrected chi connectivity index (χ1v) is 7.44. The summed E-state index contributed by atoms with van der Waals surface area (Å²) in [5.74, 6) is 0.930. The highest BCUT2D eigenvalue weighted by Crippen LogP contribution is 2.26. The molecule has 1 unspecified atom stereocenters. The summed E-state index contributed by atoms with van der Waals surface area (Å²) < 4.78 is 5.45. The van der Waals surface area contributed by atoms with E-state index in [2.05, 4.69) is 17.4 Å². The topological polar surface area (TPSA) is 47.3 Å². The van der Waals surface area contributed by atoms with Gasteiger partial charge in [-0.2, -0.15) is 0 Å². The predicted octanol–water partition coefficient (Wildman–Crippen LogP) is 3.01. The van der Waals surface area contributed by atoms with E-state index in [1.54, 1.807) is 7.11 Å². The summed E-state index contributed by atoms with van der Waals surface area (Å²) in [6, 6.07) is 8.96. The Morgan fingerprint density at radius 3 is 2.53 bits per heavy atom. The third kappa shape index (κ3) is 3.95. The minimum atomic E-state index is 0.194. The summed E-state index contributed by atoms with van der Waals surface area (Å²) in [6.45, 7) is 0.608. The van der Waals surface area contributed by atoms with Gasteiger partial charge in [-0.3, -0.25) is 0 Å². The van der Waals surface area contributed by atoms with Crippen molar-refractivity contribution in [2.75, 3.05) is 13.7 Å². The monoisotopic (exact) mass is 262 g/mol. The zero-order valence-corrected chi connectivity index (χ0v) is 11.9. The minimum absolute atomic E-state index is 0.194. The van der Waals surface area contributed by atoms with Crippen molar-refractivity contribution < 1.29 is 4.74 Å². The van der Waals surface area contributed by atoms with Gasteiger partial charge in [-0.05, 0) is 18.9 Å². The van der Waals surface area contributed by atoms with E-state index in [1.165, 1.54) is 44.1 Å². The molecule has 0 saturated heterocycles. The molecule has 0 aliphatic heterocycles. The van der Waals surface area contributed by atoms with Gasteiger partial charge in [0.25, 0.3) is 0 Å². The van der Waals surface area contributed by atoms with Crippen LogP contribution in [0.25, 0.3) is 0 Å². The van der Waals surface area contributed by atoms with Crippen molar-refractivity contribution in [3.8, 4) is 5.75 Å². The summed E-state index contributed by atoms with van der Waals surface area (Å²) >= 11 is 0. The Hall–Kier alpha value is -1.06. The Labute approximate surface area is 116 Å². The van der Waals surface area contributed by atoms with Crippen LogP contribution in [-0.2, 0) is 0 Å². The molecule has 3 N–H and O–H groups in total. The lowest BCUT2D eigenvalue weighted by molar-refractivity contribution is 0.374. The Morgan fingerprint density at radius 2 is 1.89 bits per heavy atom. The van der Waals surface area contributed by atoms with Gasteiger partial charge < -0.3 is 15.8 Å². The molecule has 0 heterocycles. The fourth-order valence-corrected chi connectivity index (χ4v) is 2.97. The van der Waals surface area contributed by atoms with E-state index in [0.29, 0.717) is 12.6 Å². The lowest BCUT2D eigenvalue weighted by Gasteiger charge is -2.25. The van der Waals surface area contributed by atoms with Crippen LogP contribution >= 0.6 is 0 Å². The van der Waals surface area contributed by atoms with Gasteiger partial charge in [-0.15, -0.1) is 0 Å². The Bertz CT molecular complexity index is 373. The van der Waals surface area contributed by atoms with Crippen molar-refractivity contribution in [3.05, 3.63) is 29.8 Å².